The lowest BCUT2D eigenvalue weighted by Crippen LogP contribution is -2.39. The first kappa shape index (κ1) is 20.8. The van der Waals surface area contributed by atoms with E-state index in [1.54, 1.807) is 0 Å². The number of ketones is 1. The molecule has 28 heavy (non-hydrogen) atoms. The highest BCUT2D eigenvalue weighted by Gasteiger charge is 2.33. The molecule has 1 aromatic carbocycles. The van der Waals surface area contributed by atoms with Crippen LogP contribution in [-0.2, 0) is 9.59 Å². The van der Waals surface area contributed by atoms with Crippen molar-refractivity contribution in [2.75, 3.05) is 13.1 Å². The lowest BCUT2D eigenvalue weighted by atomic mass is 9.76. The summed E-state index contributed by atoms with van der Waals surface area (Å²) < 4.78 is 0. The largest absolute Gasteiger partial charge is 0.342 e. The van der Waals surface area contributed by atoms with Gasteiger partial charge in [0.15, 0.2) is 0 Å². The maximum atomic E-state index is 13.4. The van der Waals surface area contributed by atoms with Gasteiger partial charge in [0.1, 0.15) is 5.78 Å². The smallest absolute Gasteiger partial charge is 0.233 e. The number of fused-ring (bicyclic) bond motifs is 1. The Kier molecular flexibility index (Phi) is 7.47. The zero-order chi connectivity index (χ0) is 19.9. The molecule has 1 heterocycles. The summed E-state index contributed by atoms with van der Waals surface area (Å²) in [7, 11) is 0. The maximum absolute atomic E-state index is 13.4. The SMILES string of the molecule is CCCCCC[C@H]1C(=O)[C@@H](C)C=C[C@@H](C(=O)N2CCCCC2)c2ccccc21. The van der Waals surface area contributed by atoms with Gasteiger partial charge < -0.3 is 4.90 Å². The maximum Gasteiger partial charge on any atom is 0.233 e. The van der Waals surface area contributed by atoms with E-state index in [0.717, 1.165) is 49.9 Å². The number of nitrogens with zero attached hydrogens (tertiary/aromatic N) is 1. The molecule has 3 atom stereocenters. The Morgan fingerprint density at radius 2 is 1.71 bits per heavy atom. The fourth-order valence-corrected chi connectivity index (χ4v) is 4.66. The molecule has 0 aromatic heterocycles. The minimum absolute atomic E-state index is 0.0929. The molecule has 2 aliphatic rings. The summed E-state index contributed by atoms with van der Waals surface area (Å²) in [5.74, 6) is 0.00703. The van der Waals surface area contributed by atoms with Crippen molar-refractivity contribution in [1.29, 1.82) is 0 Å². The highest BCUT2D eigenvalue weighted by molar-refractivity contribution is 5.92. The van der Waals surface area contributed by atoms with Crippen LogP contribution >= 0.6 is 0 Å². The third kappa shape index (κ3) is 4.74. The van der Waals surface area contributed by atoms with Crippen molar-refractivity contribution < 1.29 is 9.59 Å². The van der Waals surface area contributed by atoms with Gasteiger partial charge in [-0.25, -0.2) is 0 Å². The first-order valence-corrected chi connectivity index (χ1v) is 11.2. The third-order valence-corrected chi connectivity index (χ3v) is 6.37. The van der Waals surface area contributed by atoms with Gasteiger partial charge in [-0.3, -0.25) is 9.59 Å². The Balaban J connectivity index is 1.91. The molecule has 1 fully saturated rings. The van der Waals surface area contributed by atoms with E-state index in [0.29, 0.717) is 5.78 Å². The number of hydrogen-bond donors (Lipinski definition) is 0. The molecule has 0 bridgehead atoms. The second-order valence-corrected chi connectivity index (χ2v) is 8.47. The van der Waals surface area contributed by atoms with E-state index in [1.807, 2.05) is 36.1 Å². The van der Waals surface area contributed by atoms with Crippen molar-refractivity contribution in [2.45, 2.75) is 77.0 Å². The molecular formula is C25H35NO2. The molecule has 0 radical (unpaired) electrons. The average molecular weight is 382 g/mol. The summed E-state index contributed by atoms with van der Waals surface area (Å²) in [5, 5.41) is 0. The summed E-state index contributed by atoms with van der Waals surface area (Å²) in [6, 6.07) is 8.17. The number of carbonyl (C=O) groups is 2. The molecule has 1 aromatic rings. The Hall–Kier alpha value is -1.90. The van der Waals surface area contributed by atoms with Gasteiger partial charge in [0.05, 0.1) is 5.92 Å². The van der Waals surface area contributed by atoms with Crippen molar-refractivity contribution in [2.24, 2.45) is 5.92 Å². The molecule has 0 N–H and O–H groups in total. The van der Waals surface area contributed by atoms with E-state index >= 15 is 0 Å². The van der Waals surface area contributed by atoms with Crippen LogP contribution in [-0.4, -0.2) is 29.7 Å². The van der Waals surface area contributed by atoms with Crippen molar-refractivity contribution in [3.63, 3.8) is 0 Å². The van der Waals surface area contributed by atoms with Crippen molar-refractivity contribution >= 4 is 11.7 Å². The predicted molar refractivity (Wildman–Crippen MR) is 114 cm³/mol. The first-order chi connectivity index (χ1) is 13.6. The second kappa shape index (κ2) is 10.0. The number of benzene rings is 1. The third-order valence-electron chi connectivity index (χ3n) is 6.37. The predicted octanol–water partition coefficient (Wildman–Crippen LogP) is 5.61. The zero-order valence-corrected chi connectivity index (χ0v) is 17.5. The fourth-order valence-electron chi connectivity index (χ4n) is 4.66. The summed E-state index contributed by atoms with van der Waals surface area (Å²) in [6.07, 6.45) is 12.9. The molecule has 3 rings (SSSR count). The summed E-state index contributed by atoms with van der Waals surface area (Å²) in [6.45, 7) is 5.91. The molecule has 1 amide bonds. The minimum atomic E-state index is -0.261. The van der Waals surface area contributed by atoms with Crippen LogP contribution in [0.5, 0.6) is 0 Å². The quantitative estimate of drug-likeness (QED) is 0.474. The van der Waals surface area contributed by atoms with E-state index < -0.39 is 0 Å². The van der Waals surface area contributed by atoms with E-state index in [9.17, 15) is 9.59 Å². The van der Waals surface area contributed by atoms with Gasteiger partial charge in [0.25, 0.3) is 0 Å². The molecule has 1 aliphatic carbocycles. The number of hydrogen-bond acceptors (Lipinski definition) is 2. The minimum Gasteiger partial charge on any atom is -0.342 e. The van der Waals surface area contributed by atoms with Crippen LogP contribution in [0.4, 0.5) is 0 Å². The number of carbonyl (C=O) groups excluding carboxylic acids is 2. The van der Waals surface area contributed by atoms with Crippen molar-refractivity contribution in [3.05, 3.63) is 47.5 Å². The van der Waals surface area contributed by atoms with Crippen LogP contribution in [0.2, 0.25) is 0 Å². The van der Waals surface area contributed by atoms with E-state index in [2.05, 4.69) is 19.1 Å². The van der Waals surface area contributed by atoms with Crippen molar-refractivity contribution in [3.8, 4) is 0 Å². The van der Waals surface area contributed by atoms with E-state index in [4.69, 9.17) is 0 Å². The molecule has 1 aliphatic heterocycles. The van der Waals surface area contributed by atoms with Gasteiger partial charge in [-0.05, 0) is 36.8 Å². The topological polar surface area (TPSA) is 37.4 Å². The number of amides is 1. The lowest BCUT2D eigenvalue weighted by Gasteiger charge is -2.32. The number of Topliss-reactive ketones (excluding diaryl/α,β-unsaturated/α-hetero) is 1. The Morgan fingerprint density at radius 3 is 2.43 bits per heavy atom. The van der Waals surface area contributed by atoms with Crippen LogP contribution in [0.1, 0.15) is 88.2 Å². The molecule has 0 saturated carbocycles. The van der Waals surface area contributed by atoms with Gasteiger partial charge in [0, 0.05) is 24.9 Å². The Bertz CT molecular complexity index is 702. The van der Waals surface area contributed by atoms with Gasteiger partial charge >= 0.3 is 0 Å². The second-order valence-electron chi connectivity index (χ2n) is 8.47. The highest BCUT2D eigenvalue weighted by atomic mass is 16.2. The summed E-state index contributed by atoms with van der Waals surface area (Å²) in [4.78, 5) is 28.5. The van der Waals surface area contributed by atoms with Crippen LogP contribution in [0, 0.1) is 5.92 Å². The van der Waals surface area contributed by atoms with Crippen LogP contribution in [0.15, 0.2) is 36.4 Å². The van der Waals surface area contributed by atoms with Crippen molar-refractivity contribution in [1.82, 2.24) is 4.90 Å². The van der Waals surface area contributed by atoms with E-state index in [-0.39, 0.29) is 23.7 Å². The molecule has 1 saturated heterocycles. The fraction of sp³-hybridized carbons (Fsp3) is 0.600. The molecule has 0 unspecified atom stereocenters. The monoisotopic (exact) mass is 381 g/mol. The average Bonchev–Trinajstić information content (AvgIpc) is 2.73. The molecule has 3 heteroatoms. The normalized spacial score (nSPS) is 25.1. The number of unbranched alkanes of at least 4 members (excludes halogenated alkanes) is 3. The Morgan fingerprint density at radius 1 is 1.00 bits per heavy atom. The zero-order valence-electron chi connectivity index (χ0n) is 17.5. The van der Waals surface area contributed by atoms with Gasteiger partial charge in [-0.2, -0.15) is 0 Å². The summed E-state index contributed by atoms with van der Waals surface area (Å²) >= 11 is 0. The van der Waals surface area contributed by atoms with Gasteiger partial charge in [-0.15, -0.1) is 0 Å². The number of likely N-dealkylation sites (tertiary alicyclic amines) is 1. The number of piperidine rings is 1. The van der Waals surface area contributed by atoms with Crippen LogP contribution in [0.3, 0.4) is 0 Å². The molecule has 3 nitrogen and oxygen atoms in total. The first-order valence-electron chi connectivity index (χ1n) is 11.2. The standard InChI is InChI=1S/C25H35NO2/c1-3-4-5-7-14-22-20-12-8-9-13-21(20)23(16-15-19(2)24(22)27)25(28)26-17-10-6-11-18-26/h8-9,12-13,15-16,19,22-23H,3-7,10-11,14,17-18H2,1-2H3/t19-,22+,23+/m0/s1. The number of allylic oxidation sites excluding steroid dienone is 1. The van der Waals surface area contributed by atoms with E-state index in [1.165, 1.54) is 25.7 Å². The summed E-state index contributed by atoms with van der Waals surface area (Å²) in [5.41, 5.74) is 2.12. The molecule has 152 valence electrons. The molecular weight excluding hydrogens is 346 g/mol. The lowest BCUT2D eigenvalue weighted by molar-refractivity contribution is -0.132. The van der Waals surface area contributed by atoms with Gasteiger partial charge in [-0.1, -0.05) is 75.9 Å². The number of rotatable bonds is 6. The molecule has 0 spiro atoms. The van der Waals surface area contributed by atoms with Crippen LogP contribution < -0.4 is 0 Å². The Labute approximate surface area is 170 Å². The van der Waals surface area contributed by atoms with Gasteiger partial charge in [0.2, 0.25) is 5.91 Å². The highest BCUT2D eigenvalue weighted by Crippen LogP contribution is 2.36. The van der Waals surface area contributed by atoms with Crippen LogP contribution in [0.25, 0.3) is 0 Å².